The molecule has 2 heterocycles. The first-order valence-corrected chi connectivity index (χ1v) is 8.22. The second-order valence-corrected chi connectivity index (χ2v) is 7.28. The Morgan fingerprint density at radius 2 is 2.09 bits per heavy atom. The lowest BCUT2D eigenvalue weighted by molar-refractivity contribution is -0.132. The van der Waals surface area contributed by atoms with Gasteiger partial charge < -0.3 is 9.80 Å². The first kappa shape index (κ1) is 13.8. The summed E-state index contributed by atoms with van der Waals surface area (Å²) in [6.07, 6.45) is 3.64. The molecule has 0 bridgehead atoms. The summed E-state index contributed by atoms with van der Waals surface area (Å²) in [6, 6.07) is 8.12. The smallest absolute Gasteiger partial charge is 0.227 e. The summed E-state index contributed by atoms with van der Waals surface area (Å²) in [5.74, 6) is 0.796. The largest absolute Gasteiger partial charge is 0.342 e. The van der Waals surface area contributed by atoms with Crippen LogP contribution in [0.5, 0.6) is 0 Å². The van der Waals surface area contributed by atoms with E-state index in [4.69, 9.17) is 0 Å². The van der Waals surface area contributed by atoms with Crippen LogP contribution in [-0.2, 0) is 9.59 Å². The lowest BCUT2D eigenvalue weighted by Crippen LogP contribution is -2.34. The van der Waals surface area contributed by atoms with Gasteiger partial charge in [0.25, 0.3) is 0 Å². The fourth-order valence-electron chi connectivity index (χ4n) is 3.91. The Morgan fingerprint density at radius 3 is 2.82 bits per heavy atom. The molecule has 0 aromatic heterocycles. The fraction of sp³-hybridized carbons (Fsp3) is 0.556. The Hall–Kier alpha value is -1.84. The van der Waals surface area contributed by atoms with Crippen molar-refractivity contribution in [3.63, 3.8) is 0 Å². The molecule has 1 saturated carbocycles. The number of benzene rings is 1. The molecule has 1 spiro atoms. The van der Waals surface area contributed by atoms with Gasteiger partial charge in [-0.25, -0.2) is 0 Å². The number of carbonyl (C=O) groups excluding carboxylic acids is 2. The highest BCUT2D eigenvalue weighted by atomic mass is 16.2. The number of hydrogen-bond donors (Lipinski definition) is 0. The molecule has 116 valence electrons. The maximum atomic E-state index is 12.5. The Bertz CT molecular complexity index is 638. The van der Waals surface area contributed by atoms with Crippen LogP contribution in [0.15, 0.2) is 24.3 Å². The summed E-state index contributed by atoms with van der Waals surface area (Å²) < 4.78 is 0. The van der Waals surface area contributed by atoms with E-state index in [9.17, 15) is 9.59 Å². The molecule has 3 fully saturated rings. The summed E-state index contributed by atoms with van der Waals surface area (Å²) in [5, 5.41) is 0. The van der Waals surface area contributed by atoms with Crippen molar-refractivity contribution >= 4 is 17.5 Å². The molecule has 1 atom stereocenters. The SMILES string of the molecule is Cc1cccc(N2C[C@@]3(CCN(C(=O)C4CC4)C3)CC2=O)c1. The third kappa shape index (κ3) is 2.31. The summed E-state index contributed by atoms with van der Waals surface area (Å²) >= 11 is 0. The van der Waals surface area contributed by atoms with Crippen LogP contribution in [0.3, 0.4) is 0 Å². The van der Waals surface area contributed by atoms with Crippen LogP contribution in [0.25, 0.3) is 0 Å². The van der Waals surface area contributed by atoms with Gasteiger partial charge in [0.15, 0.2) is 0 Å². The van der Waals surface area contributed by atoms with Gasteiger partial charge in [0.05, 0.1) is 0 Å². The second-order valence-electron chi connectivity index (χ2n) is 7.28. The molecule has 3 aliphatic rings. The Labute approximate surface area is 131 Å². The molecule has 4 rings (SSSR count). The maximum absolute atomic E-state index is 12.5. The Kier molecular flexibility index (Phi) is 3.03. The van der Waals surface area contributed by atoms with Crippen molar-refractivity contribution in [3.8, 4) is 0 Å². The van der Waals surface area contributed by atoms with Crippen molar-refractivity contribution in [1.29, 1.82) is 0 Å². The standard InChI is InChI=1S/C18H22N2O2/c1-13-3-2-4-15(9-13)20-12-18(10-16(20)21)7-8-19(11-18)17(22)14-5-6-14/h2-4,9,14H,5-8,10-12H2,1H3/t18-/m0/s1. The number of nitrogens with zero attached hydrogens (tertiary/aromatic N) is 2. The van der Waals surface area contributed by atoms with E-state index in [1.54, 1.807) is 0 Å². The summed E-state index contributed by atoms with van der Waals surface area (Å²) in [6.45, 7) is 4.38. The van der Waals surface area contributed by atoms with Gasteiger partial charge in [0.2, 0.25) is 11.8 Å². The molecule has 2 saturated heterocycles. The quantitative estimate of drug-likeness (QED) is 0.841. The number of carbonyl (C=O) groups is 2. The van der Waals surface area contributed by atoms with Crippen molar-refractivity contribution in [1.82, 2.24) is 4.90 Å². The van der Waals surface area contributed by atoms with E-state index in [1.165, 1.54) is 5.56 Å². The van der Waals surface area contributed by atoms with E-state index < -0.39 is 0 Å². The van der Waals surface area contributed by atoms with E-state index in [2.05, 4.69) is 6.07 Å². The highest BCUT2D eigenvalue weighted by Crippen LogP contribution is 2.43. The lowest BCUT2D eigenvalue weighted by atomic mass is 9.86. The third-order valence-electron chi connectivity index (χ3n) is 5.31. The molecule has 22 heavy (non-hydrogen) atoms. The van der Waals surface area contributed by atoms with E-state index in [1.807, 2.05) is 34.9 Å². The van der Waals surface area contributed by atoms with Gasteiger partial charge in [-0.1, -0.05) is 12.1 Å². The van der Waals surface area contributed by atoms with Gasteiger partial charge in [-0.3, -0.25) is 9.59 Å². The molecule has 1 aliphatic carbocycles. The minimum absolute atomic E-state index is 0.0224. The van der Waals surface area contributed by atoms with Crippen LogP contribution in [0.2, 0.25) is 0 Å². The number of amides is 2. The number of aryl methyl sites for hydroxylation is 1. The lowest BCUT2D eigenvalue weighted by Gasteiger charge is -2.24. The van der Waals surface area contributed by atoms with Crippen LogP contribution >= 0.6 is 0 Å². The van der Waals surface area contributed by atoms with E-state index in [0.29, 0.717) is 12.3 Å². The highest BCUT2D eigenvalue weighted by Gasteiger charge is 2.50. The van der Waals surface area contributed by atoms with E-state index in [0.717, 1.165) is 44.6 Å². The average Bonchev–Trinajstić information content (AvgIpc) is 3.19. The molecule has 1 aromatic rings. The highest BCUT2D eigenvalue weighted by molar-refractivity contribution is 5.96. The minimum atomic E-state index is -0.0224. The number of anilines is 1. The normalized spacial score (nSPS) is 28.0. The third-order valence-corrected chi connectivity index (χ3v) is 5.31. The van der Waals surface area contributed by atoms with Gasteiger partial charge in [0, 0.05) is 43.1 Å². The monoisotopic (exact) mass is 298 g/mol. The molecule has 0 unspecified atom stereocenters. The summed E-state index contributed by atoms with van der Waals surface area (Å²) in [7, 11) is 0. The maximum Gasteiger partial charge on any atom is 0.227 e. The zero-order chi connectivity index (χ0) is 15.3. The van der Waals surface area contributed by atoms with Crippen LogP contribution in [0.1, 0.15) is 31.2 Å². The minimum Gasteiger partial charge on any atom is -0.342 e. The summed E-state index contributed by atoms with van der Waals surface area (Å²) in [4.78, 5) is 28.7. The zero-order valence-corrected chi connectivity index (χ0v) is 13.0. The van der Waals surface area contributed by atoms with Crippen LogP contribution in [-0.4, -0.2) is 36.3 Å². The van der Waals surface area contributed by atoms with Crippen molar-refractivity contribution in [3.05, 3.63) is 29.8 Å². The molecule has 4 heteroatoms. The van der Waals surface area contributed by atoms with Crippen molar-refractivity contribution in [2.75, 3.05) is 24.5 Å². The average molecular weight is 298 g/mol. The molecular formula is C18H22N2O2. The fourth-order valence-corrected chi connectivity index (χ4v) is 3.91. The van der Waals surface area contributed by atoms with Crippen molar-refractivity contribution < 1.29 is 9.59 Å². The number of hydrogen-bond acceptors (Lipinski definition) is 2. The summed E-state index contributed by atoms with van der Waals surface area (Å²) in [5.41, 5.74) is 2.14. The first-order chi connectivity index (χ1) is 10.6. The number of rotatable bonds is 2. The zero-order valence-electron chi connectivity index (χ0n) is 13.0. The molecule has 2 amide bonds. The van der Waals surface area contributed by atoms with Gasteiger partial charge in [-0.15, -0.1) is 0 Å². The van der Waals surface area contributed by atoms with Gasteiger partial charge >= 0.3 is 0 Å². The Morgan fingerprint density at radius 1 is 1.27 bits per heavy atom. The van der Waals surface area contributed by atoms with Crippen LogP contribution < -0.4 is 4.90 Å². The molecule has 2 aliphatic heterocycles. The van der Waals surface area contributed by atoms with E-state index in [-0.39, 0.29) is 17.2 Å². The van der Waals surface area contributed by atoms with E-state index >= 15 is 0 Å². The van der Waals surface area contributed by atoms with Crippen LogP contribution in [0, 0.1) is 18.3 Å². The van der Waals surface area contributed by atoms with Crippen molar-refractivity contribution in [2.24, 2.45) is 11.3 Å². The first-order valence-electron chi connectivity index (χ1n) is 8.22. The van der Waals surface area contributed by atoms with Gasteiger partial charge in [-0.2, -0.15) is 0 Å². The molecular weight excluding hydrogens is 276 g/mol. The van der Waals surface area contributed by atoms with Crippen molar-refractivity contribution in [2.45, 2.75) is 32.6 Å². The number of likely N-dealkylation sites (tertiary alicyclic amines) is 1. The van der Waals surface area contributed by atoms with Gasteiger partial charge in [0.1, 0.15) is 0 Å². The predicted molar refractivity (Wildman–Crippen MR) is 84.5 cm³/mol. The Balaban J connectivity index is 1.51. The van der Waals surface area contributed by atoms with Gasteiger partial charge in [-0.05, 0) is 43.9 Å². The molecule has 1 aromatic carbocycles. The molecule has 0 radical (unpaired) electrons. The molecule has 4 nitrogen and oxygen atoms in total. The predicted octanol–water partition coefficient (Wildman–Crippen LogP) is 2.36. The second kappa shape index (κ2) is 4.83. The van der Waals surface area contributed by atoms with Crippen LogP contribution in [0.4, 0.5) is 5.69 Å². The molecule has 0 N–H and O–H groups in total. The topological polar surface area (TPSA) is 40.6 Å².